The summed E-state index contributed by atoms with van der Waals surface area (Å²) in [4.78, 5) is 15.0. The van der Waals surface area contributed by atoms with Crippen molar-refractivity contribution in [2.24, 2.45) is 5.73 Å². The fraction of sp³-hybridized carbons (Fsp3) is 0.231. The third-order valence-electron chi connectivity index (χ3n) is 6.31. The largest absolute Gasteiger partial charge is 0.384 e. The number of benzene rings is 2. The number of carbonyl (C=O) groups is 1. The number of Topliss-reactive ketones (excluding diaryl/α,β-unsaturated/α-hetero) is 1. The van der Waals surface area contributed by atoms with Crippen molar-refractivity contribution in [3.05, 3.63) is 92.9 Å². The Morgan fingerprint density at radius 3 is 2.74 bits per heavy atom. The summed E-state index contributed by atoms with van der Waals surface area (Å²) in [5.74, 6) is 0.558. The lowest BCUT2D eigenvalue weighted by Gasteiger charge is -2.38. The highest BCUT2D eigenvalue weighted by atomic mass is 35.5. The highest BCUT2D eigenvalue weighted by Crippen LogP contribution is 2.47. The van der Waals surface area contributed by atoms with Gasteiger partial charge in [0.15, 0.2) is 10.1 Å². The molecule has 35 heavy (non-hydrogen) atoms. The maximum atomic E-state index is 13.3. The number of ketones is 1. The van der Waals surface area contributed by atoms with Crippen LogP contribution < -0.4 is 10.6 Å². The number of aryl methyl sites for hydroxylation is 1. The molecule has 176 valence electrons. The van der Waals surface area contributed by atoms with Crippen LogP contribution in [0.15, 0.2) is 75.5 Å². The summed E-state index contributed by atoms with van der Waals surface area (Å²) < 4.78 is 0.761. The molecule has 0 unspecified atom stereocenters. The molecule has 2 N–H and O–H groups in total. The van der Waals surface area contributed by atoms with E-state index in [4.69, 9.17) is 17.3 Å². The molecular formula is C26H22ClN5OS2. The summed E-state index contributed by atoms with van der Waals surface area (Å²) >= 11 is 9.22. The van der Waals surface area contributed by atoms with E-state index < -0.39 is 5.92 Å². The van der Waals surface area contributed by atoms with Gasteiger partial charge in [-0.15, -0.1) is 10.2 Å². The summed E-state index contributed by atoms with van der Waals surface area (Å²) in [6, 6.07) is 17.9. The van der Waals surface area contributed by atoms with Gasteiger partial charge in [0.2, 0.25) is 5.13 Å². The van der Waals surface area contributed by atoms with Crippen molar-refractivity contribution in [1.82, 2.24) is 10.2 Å². The van der Waals surface area contributed by atoms with Gasteiger partial charge in [-0.1, -0.05) is 77.2 Å². The van der Waals surface area contributed by atoms with Gasteiger partial charge in [-0.3, -0.25) is 9.69 Å². The SMILES string of the molecule is Cc1ccccc1[C@H]1C(C#N)=C(N)N(c2nnc(SCc3ccccc3Cl)s2)C2=C1C(=O)CCC2. The molecule has 0 saturated heterocycles. The highest BCUT2D eigenvalue weighted by Gasteiger charge is 2.41. The van der Waals surface area contributed by atoms with Crippen LogP contribution in [0.2, 0.25) is 5.02 Å². The van der Waals surface area contributed by atoms with Gasteiger partial charge < -0.3 is 5.73 Å². The van der Waals surface area contributed by atoms with E-state index in [9.17, 15) is 10.1 Å². The third-order valence-corrected chi connectivity index (χ3v) is 8.77. The van der Waals surface area contributed by atoms with Gasteiger partial charge in [0.25, 0.3) is 0 Å². The Hall–Kier alpha value is -3.12. The second-order valence-corrected chi connectivity index (χ2v) is 11.0. The van der Waals surface area contributed by atoms with Gasteiger partial charge >= 0.3 is 0 Å². The van der Waals surface area contributed by atoms with Crippen LogP contribution in [-0.2, 0) is 10.5 Å². The van der Waals surface area contributed by atoms with Gasteiger partial charge in [0, 0.05) is 28.5 Å². The molecule has 2 aliphatic rings. The Kier molecular flexibility index (Phi) is 6.65. The van der Waals surface area contributed by atoms with Gasteiger partial charge in [-0.25, -0.2) is 0 Å². The van der Waals surface area contributed by atoms with E-state index in [1.807, 2.05) is 55.5 Å². The van der Waals surface area contributed by atoms with E-state index in [1.165, 1.54) is 23.1 Å². The molecule has 9 heteroatoms. The molecule has 0 saturated carbocycles. The zero-order valence-electron chi connectivity index (χ0n) is 19.0. The molecule has 6 nitrogen and oxygen atoms in total. The number of thioether (sulfide) groups is 1. The molecule has 1 aliphatic carbocycles. The number of aromatic nitrogens is 2. The second kappa shape index (κ2) is 9.86. The van der Waals surface area contributed by atoms with E-state index >= 15 is 0 Å². The number of carbonyl (C=O) groups excluding carboxylic acids is 1. The number of hydrogen-bond acceptors (Lipinski definition) is 8. The van der Waals surface area contributed by atoms with Crippen molar-refractivity contribution in [2.75, 3.05) is 4.90 Å². The van der Waals surface area contributed by atoms with Crippen LogP contribution in [0.25, 0.3) is 0 Å². The van der Waals surface area contributed by atoms with Crippen LogP contribution in [0.4, 0.5) is 5.13 Å². The minimum absolute atomic E-state index is 0.0580. The van der Waals surface area contributed by atoms with Crippen LogP contribution >= 0.6 is 34.7 Å². The molecule has 0 amide bonds. The zero-order chi connectivity index (χ0) is 24.5. The molecule has 0 radical (unpaired) electrons. The smallest absolute Gasteiger partial charge is 0.219 e. The second-order valence-electron chi connectivity index (χ2n) is 8.40. The normalized spacial score (nSPS) is 18.0. The minimum atomic E-state index is -0.470. The number of allylic oxidation sites excluding steroid dienone is 3. The number of anilines is 1. The Balaban J connectivity index is 1.54. The van der Waals surface area contributed by atoms with Crippen LogP contribution in [-0.4, -0.2) is 16.0 Å². The predicted molar refractivity (Wildman–Crippen MR) is 140 cm³/mol. The average Bonchev–Trinajstić information content (AvgIpc) is 3.32. The van der Waals surface area contributed by atoms with Crippen LogP contribution in [0.1, 0.15) is 41.9 Å². The molecule has 5 rings (SSSR count). The number of hydrogen-bond donors (Lipinski definition) is 1. The number of halogens is 1. The molecule has 3 aromatic rings. The van der Waals surface area contributed by atoms with Crippen LogP contribution in [0.3, 0.4) is 0 Å². The molecule has 1 aromatic heterocycles. The first kappa shape index (κ1) is 23.6. The summed E-state index contributed by atoms with van der Waals surface area (Å²) in [5.41, 5.74) is 11.5. The predicted octanol–water partition coefficient (Wildman–Crippen LogP) is 6.10. The Labute approximate surface area is 217 Å². The molecule has 2 heterocycles. The van der Waals surface area contributed by atoms with Crippen molar-refractivity contribution >= 4 is 45.6 Å². The molecule has 2 aromatic carbocycles. The standard InChI is InChI=1S/C26H22ClN5OS2/c1-15-7-2-4-9-17(15)22-18(13-28)24(29)32(20-11-6-12-21(33)23(20)22)25-30-31-26(35-25)34-14-16-8-3-5-10-19(16)27/h2-5,7-10,22H,6,11-12,14,29H2,1H3/t22-/m0/s1. The fourth-order valence-corrected chi connectivity index (χ4v) is 6.80. The maximum absolute atomic E-state index is 13.3. The van der Waals surface area contributed by atoms with E-state index in [2.05, 4.69) is 16.3 Å². The number of nitrogens with two attached hydrogens (primary N) is 1. The molecule has 0 bridgehead atoms. The third kappa shape index (κ3) is 4.36. The van der Waals surface area contributed by atoms with Crippen LogP contribution in [0, 0.1) is 18.3 Å². The van der Waals surface area contributed by atoms with E-state index in [-0.39, 0.29) is 5.78 Å². The van der Waals surface area contributed by atoms with Gasteiger partial charge in [0.1, 0.15) is 5.82 Å². The first-order chi connectivity index (χ1) is 17.0. The van der Waals surface area contributed by atoms with E-state index in [0.717, 1.165) is 33.1 Å². The monoisotopic (exact) mass is 519 g/mol. The van der Waals surface area contributed by atoms with Crippen molar-refractivity contribution in [3.8, 4) is 6.07 Å². The van der Waals surface area contributed by atoms with E-state index in [0.29, 0.717) is 45.7 Å². The molecule has 1 atom stereocenters. The molecule has 1 aliphatic heterocycles. The first-order valence-corrected chi connectivity index (χ1v) is 13.4. The highest BCUT2D eigenvalue weighted by molar-refractivity contribution is 8.00. The number of nitriles is 1. The maximum Gasteiger partial charge on any atom is 0.219 e. The molecular weight excluding hydrogens is 498 g/mol. The first-order valence-electron chi connectivity index (χ1n) is 11.2. The van der Waals surface area contributed by atoms with E-state index in [1.54, 1.807) is 4.90 Å². The van der Waals surface area contributed by atoms with Gasteiger partial charge in [-0.2, -0.15) is 5.26 Å². The summed E-state index contributed by atoms with van der Waals surface area (Å²) in [6.45, 7) is 1.99. The summed E-state index contributed by atoms with van der Waals surface area (Å²) in [5, 5.41) is 20.2. The number of rotatable bonds is 5. The molecule has 0 fully saturated rings. The Bertz CT molecular complexity index is 1420. The lowest BCUT2D eigenvalue weighted by molar-refractivity contribution is -0.116. The molecule has 0 spiro atoms. The lowest BCUT2D eigenvalue weighted by atomic mass is 9.75. The number of nitrogens with zero attached hydrogens (tertiary/aromatic N) is 4. The topological polar surface area (TPSA) is 95.9 Å². The van der Waals surface area contributed by atoms with Crippen molar-refractivity contribution in [2.45, 2.75) is 42.2 Å². The van der Waals surface area contributed by atoms with Crippen molar-refractivity contribution in [3.63, 3.8) is 0 Å². The van der Waals surface area contributed by atoms with Crippen LogP contribution in [0.5, 0.6) is 0 Å². The van der Waals surface area contributed by atoms with Gasteiger partial charge in [0.05, 0.1) is 17.6 Å². The summed E-state index contributed by atoms with van der Waals surface area (Å²) in [7, 11) is 0. The zero-order valence-corrected chi connectivity index (χ0v) is 21.4. The fourth-order valence-electron chi connectivity index (χ4n) is 4.63. The van der Waals surface area contributed by atoms with Crippen molar-refractivity contribution < 1.29 is 4.79 Å². The average molecular weight is 520 g/mol. The Morgan fingerprint density at radius 1 is 1.20 bits per heavy atom. The van der Waals surface area contributed by atoms with Gasteiger partial charge in [-0.05, 0) is 42.5 Å². The quantitative estimate of drug-likeness (QED) is 0.407. The Morgan fingerprint density at radius 2 is 1.97 bits per heavy atom. The lowest BCUT2D eigenvalue weighted by Crippen LogP contribution is -2.38. The minimum Gasteiger partial charge on any atom is -0.384 e. The van der Waals surface area contributed by atoms with Crippen molar-refractivity contribution in [1.29, 1.82) is 5.26 Å². The summed E-state index contributed by atoms with van der Waals surface area (Å²) in [6.07, 6.45) is 1.88.